The van der Waals surface area contributed by atoms with Crippen molar-refractivity contribution in [2.24, 2.45) is 11.3 Å². The summed E-state index contributed by atoms with van der Waals surface area (Å²) in [6.07, 6.45) is 7.02. The third kappa shape index (κ3) is 7.12. The minimum absolute atomic E-state index is 0.00979. The number of morpholine rings is 1. The van der Waals surface area contributed by atoms with Gasteiger partial charge in [0.25, 0.3) is 5.91 Å². The Morgan fingerprint density at radius 2 is 1.76 bits per heavy atom. The first-order valence-corrected chi connectivity index (χ1v) is 18.0. The molecule has 3 N–H and O–H groups in total. The molecule has 2 aromatic rings. The Bertz CT molecular complexity index is 1480. The lowest BCUT2D eigenvalue weighted by Crippen LogP contribution is -2.59. The number of thiophene rings is 1. The van der Waals surface area contributed by atoms with Crippen molar-refractivity contribution in [2.45, 2.75) is 89.6 Å². The number of carbonyl (C=O) groups is 3. The maximum Gasteiger partial charge on any atom is 0.399 e. The molecule has 0 bridgehead atoms. The molecule has 3 amide bonds. The highest BCUT2D eigenvalue weighted by Crippen LogP contribution is 2.59. The average molecular weight is 670 g/mol. The summed E-state index contributed by atoms with van der Waals surface area (Å²) >= 11 is 1.02. The van der Waals surface area contributed by atoms with Gasteiger partial charge in [-0.2, -0.15) is 8.78 Å². The summed E-state index contributed by atoms with van der Waals surface area (Å²) in [5, 5.41) is 3.05. The molecule has 0 spiro atoms. The summed E-state index contributed by atoms with van der Waals surface area (Å²) < 4.78 is 46.5. The molecule has 1 saturated carbocycles. The van der Waals surface area contributed by atoms with Gasteiger partial charge < -0.3 is 29.6 Å². The molecule has 3 heterocycles. The lowest BCUT2D eigenvalue weighted by molar-refractivity contribution is -0.152. The number of amides is 3. The Labute approximate surface area is 265 Å². The van der Waals surface area contributed by atoms with Crippen molar-refractivity contribution >= 4 is 46.7 Å². The predicted octanol–water partition coefficient (Wildman–Crippen LogP) is 5.07. The van der Waals surface area contributed by atoms with E-state index in [9.17, 15) is 27.7 Å². The summed E-state index contributed by atoms with van der Waals surface area (Å²) in [6, 6.07) is 2.94. The zero-order chi connectivity index (χ0) is 32.7. The van der Waals surface area contributed by atoms with Crippen LogP contribution in [0.4, 0.5) is 8.78 Å². The Morgan fingerprint density at radius 3 is 2.42 bits per heavy atom. The monoisotopic (exact) mass is 669 g/mol. The van der Waals surface area contributed by atoms with Gasteiger partial charge in [0.1, 0.15) is 12.1 Å². The first-order chi connectivity index (χ1) is 21.1. The minimum Gasteiger partial charge on any atom is -0.374 e. The molecule has 2 unspecified atom stereocenters. The number of ether oxygens (including phenoxy) is 1. The van der Waals surface area contributed by atoms with Gasteiger partial charge in [-0.1, -0.05) is 46.1 Å². The van der Waals surface area contributed by atoms with E-state index in [1.54, 1.807) is 4.90 Å². The van der Waals surface area contributed by atoms with Gasteiger partial charge in [0, 0.05) is 29.9 Å². The molecule has 3 aliphatic rings. The van der Waals surface area contributed by atoms with Crippen molar-refractivity contribution in [2.75, 3.05) is 26.2 Å². The van der Waals surface area contributed by atoms with Crippen LogP contribution in [0, 0.1) is 11.3 Å². The molecule has 14 heteroatoms. The maximum absolute atomic E-state index is 14.3. The number of nitrogens with one attached hydrogen (secondary N) is 1. The van der Waals surface area contributed by atoms with Crippen LogP contribution < -0.4 is 5.32 Å². The second-order valence-corrected chi connectivity index (χ2v) is 16.2. The van der Waals surface area contributed by atoms with E-state index in [0.717, 1.165) is 36.3 Å². The molecule has 0 radical (unpaired) electrons. The predicted molar refractivity (Wildman–Crippen MR) is 166 cm³/mol. The van der Waals surface area contributed by atoms with Crippen molar-refractivity contribution in [1.29, 1.82) is 0 Å². The SMILES string of the molecule is CC(C)(C)C(NC(=O)c1cc2cc(C(F)(F)P(=O)(O)O)ccc2s1)C(=O)N1CCC[C@H]1C(=O)N1CCOC(C2CCCCC2)C1. The van der Waals surface area contributed by atoms with Crippen LogP contribution in [0.2, 0.25) is 0 Å². The van der Waals surface area contributed by atoms with Crippen LogP contribution in [0.25, 0.3) is 10.1 Å². The molecule has 10 nitrogen and oxygen atoms in total. The number of carbonyl (C=O) groups excluding carboxylic acids is 3. The molecule has 1 aromatic heterocycles. The van der Waals surface area contributed by atoms with E-state index in [1.165, 1.54) is 31.4 Å². The van der Waals surface area contributed by atoms with Crippen LogP contribution >= 0.6 is 18.9 Å². The van der Waals surface area contributed by atoms with Gasteiger partial charge in [-0.3, -0.25) is 18.9 Å². The largest absolute Gasteiger partial charge is 0.399 e. The Balaban J connectivity index is 1.31. The average Bonchev–Trinajstić information content (AvgIpc) is 3.66. The van der Waals surface area contributed by atoms with Gasteiger partial charge in [-0.25, -0.2) is 0 Å². The van der Waals surface area contributed by atoms with E-state index in [0.29, 0.717) is 49.7 Å². The topological polar surface area (TPSA) is 136 Å². The first kappa shape index (κ1) is 33.9. The quantitative estimate of drug-likeness (QED) is 0.350. The van der Waals surface area contributed by atoms with Crippen molar-refractivity contribution in [3.8, 4) is 0 Å². The third-order valence-electron chi connectivity index (χ3n) is 9.24. The summed E-state index contributed by atoms with van der Waals surface area (Å²) in [6.45, 7) is 7.33. The molecule has 1 aliphatic carbocycles. The number of fused-ring (bicyclic) bond motifs is 1. The number of likely N-dealkylation sites (tertiary alicyclic amines) is 1. The van der Waals surface area contributed by atoms with Gasteiger partial charge in [0.15, 0.2) is 0 Å². The smallest absolute Gasteiger partial charge is 0.374 e. The molecule has 2 aliphatic heterocycles. The van der Waals surface area contributed by atoms with Gasteiger partial charge in [0.2, 0.25) is 11.8 Å². The number of hydrogen-bond acceptors (Lipinski definition) is 6. The first-order valence-electron chi connectivity index (χ1n) is 15.6. The summed E-state index contributed by atoms with van der Waals surface area (Å²) in [4.78, 5) is 63.1. The van der Waals surface area contributed by atoms with E-state index in [4.69, 9.17) is 14.5 Å². The minimum atomic E-state index is -5.76. The molecule has 248 valence electrons. The zero-order valence-corrected chi connectivity index (χ0v) is 27.5. The lowest BCUT2D eigenvalue weighted by atomic mass is 9.84. The summed E-state index contributed by atoms with van der Waals surface area (Å²) in [7, 11) is -5.76. The van der Waals surface area contributed by atoms with Gasteiger partial charge in [0.05, 0.1) is 17.6 Å². The normalized spacial score (nSPS) is 22.9. The maximum atomic E-state index is 14.3. The van der Waals surface area contributed by atoms with Crippen LogP contribution in [0.1, 0.15) is 81.0 Å². The highest BCUT2D eigenvalue weighted by Gasteiger charge is 2.50. The fourth-order valence-corrected chi connectivity index (χ4v) is 8.11. The molecule has 2 saturated heterocycles. The van der Waals surface area contributed by atoms with Gasteiger partial charge in [-0.05, 0) is 60.6 Å². The zero-order valence-electron chi connectivity index (χ0n) is 25.8. The van der Waals surface area contributed by atoms with Crippen LogP contribution in [0.3, 0.4) is 0 Å². The Hall–Kier alpha value is -2.44. The highest BCUT2D eigenvalue weighted by atomic mass is 32.1. The fraction of sp³-hybridized carbons (Fsp3) is 0.645. The van der Waals surface area contributed by atoms with Gasteiger partial charge in [-0.15, -0.1) is 11.3 Å². The van der Waals surface area contributed by atoms with Gasteiger partial charge >= 0.3 is 13.3 Å². The number of halogens is 2. The molecule has 5 rings (SSSR count). The summed E-state index contributed by atoms with van der Waals surface area (Å²) in [5.41, 5.74) is -5.95. The van der Waals surface area contributed by atoms with Crippen LogP contribution in [-0.4, -0.2) is 81.7 Å². The Morgan fingerprint density at radius 1 is 1.04 bits per heavy atom. The van der Waals surface area contributed by atoms with E-state index in [1.807, 2.05) is 25.7 Å². The van der Waals surface area contributed by atoms with Crippen molar-refractivity contribution in [3.63, 3.8) is 0 Å². The number of alkyl halides is 2. The van der Waals surface area contributed by atoms with E-state index >= 15 is 0 Å². The van der Waals surface area contributed by atoms with E-state index in [-0.39, 0.29) is 28.2 Å². The molecular weight excluding hydrogens is 627 g/mol. The molecular formula is C31H42F2N3O7PS. The van der Waals surface area contributed by atoms with Crippen LogP contribution in [0.5, 0.6) is 0 Å². The van der Waals surface area contributed by atoms with Crippen LogP contribution in [-0.2, 0) is 24.6 Å². The fourth-order valence-electron chi connectivity index (χ4n) is 6.69. The number of hydrogen-bond donors (Lipinski definition) is 3. The molecule has 45 heavy (non-hydrogen) atoms. The molecule has 3 fully saturated rings. The highest BCUT2D eigenvalue weighted by molar-refractivity contribution is 7.52. The van der Waals surface area contributed by atoms with Crippen molar-refractivity contribution < 1.29 is 42.3 Å². The van der Waals surface area contributed by atoms with Crippen molar-refractivity contribution in [1.82, 2.24) is 15.1 Å². The lowest BCUT2D eigenvalue weighted by Gasteiger charge is -2.41. The number of benzene rings is 1. The molecule has 1 aromatic carbocycles. The molecule has 3 atom stereocenters. The summed E-state index contributed by atoms with van der Waals surface area (Å²) in [5.74, 6) is -0.581. The standard InChI is InChI=1S/C31H42F2N3O7PS/c1-30(2,3)26(34-27(37)25-17-20-16-21(11-12-24(20)45-25)31(32,33)44(40,41)42)29(39)36-13-7-10-22(36)28(38)35-14-15-43-23(18-35)19-8-5-4-6-9-19/h11-12,16-17,19,22-23,26H,4-10,13-15,18H2,1-3H3,(H,34,37)(H2,40,41,42)/t22-,23?,26?/m0/s1. The number of nitrogens with zero attached hydrogens (tertiary/aromatic N) is 2. The second kappa shape index (κ2) is 13.0. The van der Waals surface area contributed by atoms with E-state index in [2.05, 4.69) is 5.32 Å². The third-order valence-corrected chi connectivity index (χ3v) is 11.3. The van der Waals surface area contributed by atoms with E-state index < -0.39 is 42.2 Å². The number of rotatable bonds is 7. The van der Waals surface area contributed by atoms with Crippen LogP contribution in [0.15, 0.2) is 24.3 Å². The second-order valence-electron chi connectivity index (χ2n) is 13.5. The Kier molecular flexibility index (Phi) is 9.79. The van der Waals surface area contributed by atoms with Crippen molar-refractivity contribution in [3.05, 3.63) is 34.7 Å².